The summed E-state index contributed by atoms with van der Waals surface area (Å²) < 4.78 is 11.7. The van der Waals surface area contributed by atoms with Crippen LogP contribution in [0.1, 0.15) is 38.5 Å². The Hall–Kier alpha value is -1.79. The molecule has 2 N–H and O–H groups in total. The standard InChI is InChI=1S/C20H27ClN2O4/c21-16-5-7-17(8-6-16)26-14-20(12-18(22)24)13-23(10-11-27-20)19(25)9-4-15-2-1-3-15/h5-8,15H,1-4,9-14H2,(H2,22,24). The quantitative estimate of drug-likeness (QED) is 0.735. The van der Waals surface area contributed by atoms with Crippen molar-refractivity contribution in [3.05, 3.63) is 29.3 Å². The first-order chi connectivity index (χ1) is 13.0. The van der Waals surface area contributed by atoms with Crippen LogP contribution in [0.3, 0.4) is 0 Å². The van der Waals surface area contributed by atoms with E-state index >= 15 is 0 Å². The van der Waals surface area contributed by atoms with Crippen LogP contribution >= 0.6 is 11.6 Å². The molecule has 7 heteroatoms. The van der Waals surface area contributed by atoms with Crippen molar-refractivity contribution in [3.8, 4) is 5.75 Å². The van der Waals surface area contributed by atoms with E-state index in [4.69, 9.17) is 26.8 Å². The third-order valence-corrected chi connectivity index (χ3v) is 5.66. The summed E-state index contributed by atoms with van der Waals surface area (Å²) in [4.78, 5) is 26.0. The molecule has 1 saturated heterocycles. The van der Waals surface area contributed by atoms with E-state index in [2.05, 4.69) is 0 Å². The molecule has 148 valence electrons. The van der Waals surface area contributed by atoms with Crippen molar-refractivity contribution in [2.45, 2.75) is 44.1 Å². The number of rotatable bonds is 8. The summed E-state index contributed by atoms with van der Waals surface area (Å²) in [6.07, 6.45) is 5.25. The fourth-order valence-electron chi connectivity index (χ4n) is 3.63. The van der Waals surface area contributed by atoms with Gasteiger partial charge in [-0.2, -0.15) is 0 Å². The van der Waals surface area contributed by atoms with Crippen molar-refractivity contribution >= 4 is 23.4 Å². The molecule has 1 aliphatic carbocycles. The molecule has 1 aliphatic heterocycles. The van der Waals surface area contributed by atoms with E-state index in [-0.39, 0.29) is 18.9 Å². The van der Waals surface area contributed by atoms with Gasteiger partial charge in [0, 0.05) is 18.0 Å². The van der Waals surface area contributed by atoms with Gasteiger partial charge >= 0.3 is 0 Å². The number of carbonyl (C=O) groups excluding carboxylic acids is 2. The number of morpholine rings is 1. The molecule has 2 amide bonds. The second-order valence-corrected chi connectivity index (χ2v) is 8.00. The SMILES string of the molecule is NC(=O)CC1(COc2ccc(Cl)cc2)CN(C(=O)CCC2CCC2)CCO1. The first-order valence-corrected chi connectivity index (χ1v) is 9.92. The van der Waals surface area contributed by atoms with Gasteiger partial charge in [-0.1, -0.05) is 30.9 Å². The Morgan fingerprint density at radius 1 is 1.30 bits per heavy atom. The Morgan fingerprint density at radius 3 is 2.67 bits per heavy atom. The minimum Gasteiger partial charge on any atom is -0.490 e. The number of primary amides is 1. The number of nitrogens with zero attached hydrogens (tertiary/aromatic N) is 1. The van der Waals surface area contributed by atoms with Gasteiger partial charge in [-0.05, 0) is 36.6 Å². The van der Waals surface area contributed by atoms with Gasteiger partial charge in [-0.15, -0.1) is 0 Å². The maximum absolute atomic E-state index is 12.6. The molecule has 2 aliphatic rings. The lowest BCUT2D eigenvalue weighted by Crippen LogP contribution is -2.58. The van der Waals surface area contributed by atoms with Crippen LogP contribution in [-0.4, -0.2) is 48.6 Å². The molecule has 0 aromatic heterocycles. The Labute approximate surface area is 164 Å². The predicted octanol–water partition coefficient (Wildman–Crippen LogP) is 2.77. The van der Waals surface area contributed by atoms with E-state index in [0.717, 1.165) is 6.42 Å². The highest BCUT2D eigenvalue weighted by Crippen LogP contribution is 2.31. The number of hydrogen-bond acceptors (Lipinski definition) is 4. The lowest BCUT2D eigenvalue weighted by atomic mass is 9.82. The van der Waals surface area contributed by atoms with Crippen molar-refractivity contribution in [3.63, 3.8) is 0 Å². The highest BCUT2D eigenvalue weighted by atomic mass is 35.5. The summed E-state index contributed by atoms with van der Waals surface area (Å²) in [5.74, 6) is 0.961. The zero-order chi connectivity index (χ0) is 19.3. The van der Waals surface area contributed by atoms with E-state index in [0.29, 0.717) is 42.8 Å². The third-order valence-electron chi connectivity index (χ3n) is 5.40. The molecule has 1 saturated carbocycles. The lowest BCUT2D eigenvalue weighted by molar-refractivity contribution is -0.162. The molecular weight excluding hydrogens is 368 g/mol. The Bertz CT molecular complexity index is 662. The number of nitrogens with two attached hydrogens (primary N) is 1. The van der Waals surface area contributed by atoms with Gasteiger partial charge in [-0.25, -0.2) is 0 Å². The van der Waals surface area contributed by atoms with E-state index in [1.54, 1.807) is 29.2 Å². The van der Waals surface area contributed by atoms with Crippen molar-refractivity contribution < 1.29 is 19.1 Å². The molecule has 0 bridgehead atoms. The smallest absolute Gasteiger partial charge is 0.222 e. The topological polar surface area (TPSA) is 81.9 Å². The minimum atomic E-state index is -0.921. The summed E-state index contributed by atoms with van der Waals surface area (Å²) in [5.41, 5.74) is 4.53. The summed E-state index contributed by atoms with van der Waals surface area (Å²) in [7, 11) is 0. The molecule has 2 fully saturated rings. The maximum Gasteiger partial charge on any atom is 0.222 e. The van der Waals surface area contributed by atoms with Gasteiger partial charge in [0.15, 0.2) is 0 Å². The number of carbonyl (C=O) groups is 2. The second kappa shape index (κ2) is 8.93. The third kappa shape index (κ3) is 5.59. The number of amides is 2. The van der Waals surface area contributed by atoms with Gasteiger partial charge in [0.25, 0.3) is 0 Å². The van der Waals surface area contributed by atoms with Gasteiger partial charge in [0.1, 0.15) is 18.0 Å². The van der Waals surface area contributed by atoms with E-state index in [9.17, 15) is 9.59 Å². The van der Waals surface area contributed by atoms with Crippen LogP contribution < -0.4 is 10.5 Å². The maximum atomic E-state index is 12.6. The second-order valence-electron chi connectivity index (χ2n) is 7.57. The fourth-order valence-corrected chi connectivity index (χ4v) is 3.76. The molecule has 3 rings (SSSR count). The van der Waals surface area contributed by atoms with Crippen molar-refractivity contribution in [2.24, 2.45) is 11.7 Å². The zero-order valence-corrected chi connectivity index (χ0v) is 16.2. The van der Waals surface area contributed by atoms with Crippen LogP contribution in [-0.2, 0) is 14.3 Å². The first-order valence-electron chi connectivity index (χ1n) is 9.54. The molecule has 0 spiro atoms. The van der Waals surface area contributed by atoms with E-state index in [1.165, 1.54) is 19.3 Å². The highest BCUT2D eigenvalue weighted by Gasteiger charge is 2.41. The average molecular weight is 395 g/mol. The van der Waals surface area contributed by atoms with Crippen LogP contribution in [0.5, 0.6) is 5.75 Å². The molecule has 6 nitrogen and oxygen atoms in total. The van der Waals surface area contributed by atoms with Gasteiger partial charge < -0.3 is 20.1 Å². The highest BCUT2D eigenvalue weighted by molar-refractivity contribution is 6.30. The van der Waals surface area contributed by atoms with E-state index in [1.807, 2.05) is 0 Å². The molecule has 1 aromatic carbocycles. The predicted molar refractivity (Wildman–Crippen MR) is 103 cm³/mol. The Balaban J connectivity index is 1.61. The number of benzene rings is 1. The number of halogens is 1. The molecule has 1 unspecified atom stereocenters. The van der Waals surface area contributed by atoms with Gasteiger partial charge in [0.2, 0.25) is 11.8 Å². The fraction of sp³-hybridized carbons (Fsp3) is 0.600. The Kier molecular flexibility index (Phi) is 6.60. The molecule has 1 atom stereocenters. The van der Waals surface area contributed by atoms with Crippen LogP contribution in [0, 0.1) is 5.92 Å². The normalized spacial score (nSPS) is 22.9. The van der Waals surface area contributed by atoms with Gasteiger partial charge in [0.05, 0.1) is 19.6 Å². The number of hydrogen-bond donors (Lipinski definition) is 1. The minimum absolute atomic E-state index is 0.00694. The van der Waals surface area contributed by atoms with Crippen LogP contribution in [0.4, 0.5) is 0 Å². The monoisotopic (exact) mass is 394 g/mol. The first kappa shape index (κ1) is 20.0. The molecule has 1 heterocycles. The van der Waals surface area contributed by atoms with Crippen LogP contribution in [0.25, 0.3) is 0 Å². The van der Waals surface area contributed by atoms with E-state index < -0.39 is 11.5 Å². The van der Waals surface area contributed by atoms with Crippen LogP contribution in [0.2, 0.25) is 5.02 Å². The summed E-state index contributed by atoms with van der Waals surface area (Å²) in [6.45, 7) is 1.36. The van der Waals surface area contributed by atoms with Crippen LogP contribution in [0.15, 0.2) is 24.3 Å². The van der Waals surface area contributed by atoms with Crippen molar-refractivity contribution in [2.75, 3.05) is 26.3 Å². The molecular formula is C20H27ClN2O4. The van der Waals surface area contributed by atoms with Crippen molar-refractivity contribution in [1.82, 2.24) is 4.90 Å². The lowest BCUT2D eigenvalue weighted by Gasteiger charge is -2.42. The largest absolute Gasteiger partial charge is 0.490 e. The summed E-state index contributed by atoms with van der Waals surface area (Å²) in [5, 5.41) is 0.617. The molecule has 1 aromatic rings. The van der Waals surface area contributed by atoms with Gasteiger partial charge in [-0.3, -0.25) is 9.59 Å². The number of ether oxygens (including phenoxy) is 2. The Morgan fingerprint density at radius 2 is 2.04 bits per heavy atom. The average Bonchev–Trinajstić information content (AvgIpc) is 2.59. The summed E-state index contributed by atoms with van der Waals surface area (Å²) in [6, 6.07) is 6.97. The molecule has 0 radical (unpaired) electrons. The molecule has 27 heavy (non-hydrogen) atoms. The van der Waals surface area contributed by atoms with Crippen molar-refractivity contribution in [1.29, 1.82) is 0 Å². The summed E-state index contributed by atoms with van der Waals surface area (Å²) >= 11 is 5.89. The zero-order valence-electron chi connectivity index (χ0n) is 15.5.